The van der Waals surface area contributed by atoms with Gasteiger partial charge in [-0.3, -0.25) is 0 Å². The lowest BCUT2D eigenvalue weighted by Gasteiger charge is -2.16. The standard InChI is InChI=1S/C17H16FNO4/c1-22-16(20)15(13-7-9-14(18)10-8-13)19-17(21)23-11-12-5-3-2-4-6-12/h2-10,15H,11H2,1H3,(H,19,21)/t15-/m1/s1. The molecule has 23 heavy (non-hydrogen) atoms. The average molecular weight is 317 g/mol. The molecular weight excluding hydrogens is 301 g/mol. The average Bonchev–Trinajstić information content (AvgIpc) is 2.59. The third-order valence-electron chi connectivity index (χ3n) is 3.12. The van der Waals surface area contributed by atoms with E-state index in [4.69, 9.17) is 4.74 Å². The fourth-order valence-electron chi connectivity index (χ4n) is 1.93. The monoisotopic (exact) mass is 317 g/mol. The largest absolute Gasteiger partial charge is 0.467 e. The molecule has 0 aromatic heterocycles. The summed E-state index contributed by atoms with van der Waals surface area (Å²) in [6, 6.07) is 13.2. The molecule has 0 bridgehead atoms. The van der Waals surface area contributed by atoms with E-state index >= 15 is 0 Å². The molecule has 0 aliphatic carbocycles. The van der Waals surface area contributed by atoms with Crippen LogP contribution in [0.2, 0.25) is 0 Å². The summed E-state index contributed by atoms with van der Waals surface area (Å²) in [5.41, 5.74) is 1.22. The first-order valence-electron chi connectivity index (χ1n) is 6.90. The first-order valence-corrected chi connectivity index (χ1v) is 6.90. The van der Waals surface area contributed by atoms with Crippen molar-refractivity contribution in [3.05, 3.63) is 71.5 Å². The molecule has 2 rings (SSSR count). The first-order chi connectivity index (χ1) is 11.1. The topological polar surface area (TPSA) is 64.6 Å². The zero-order valence-electron chi connectivity index (χ0n) is 12.5. The molecule has 0 spiro atoms. The van der Waals surface area contributed by atoms with Crippen molar-refractivity contribution >= 4 is 12.1 Å². The molecule has 0 heterocycles. The van der Waals surface area contributed by atoms with Gasteiger partial charge in [0.2, 0.25) is 0 Å². The van der Waals surface area contributed by atoms with Gasteiger partial charge >= 0.3 is 12.1 Å². The summed E-state index contributed by atoms with van der Waals surface area (Å²) in [6.07, 6.45) is -0.770. The molecule has 0 unspecified atom stereocenters. The third kappa shape index (κ3) is 4.81. The number of carbonyl (C=O) groups excluding carboxylic acids is 2. The number of amides is 1. The summed E-state index contributed by atoms with van der Waals surface area (Å²) in [6.45, 7) is 0.0734. The second-order valence-corrected chi connectivity index (χ2v) is 4.71. The molecule has 1 N–H and O–H groups in total. The van der Waals surface area contributed by atoms with Crippen molar-refractivity contribution in [2.24, 2.45) is 0 Å². The van der Waals surface area contributed by atoms with Gasteiger partial charge in [0, 0.05) is 0 Å². The van der Waals surface area contributed by atoms with Gasteiger partial charge in [-0.2, -0.15) is 0 Å². The van der Waals surface area contributed by atoms with Gasteiger partial charge in [0.1, 0.15) is 12.4 Å². The number of ether oxygens (including phenoxy) is 2. The van der Waals surface area contributed by atoms with Crippen LogP contribution in [0.5, 0.6) is 0 Å². The van der Waals surface area contributed by atoms with Crippen molar-refractivity contribution < 1.29 is 23.5 Å². The van der Waals surface area contributed by atoms with Crippen LogP contribution in [0.15, 0.2) is 54.6 Å². The molecule has 0 fully saturated rings. The molecule has 0 saturated heterocycles. The molecule has 2 aromatic carbocycles. The van der Waals surface area contributed by atoms with Crippen LogP contribution in [0.1, 0.15) is 17.2 Å². The Bertz CT molecular complexity index is 658. The first kappa shape index (κ1) is 16.5. The number of alkyl carbamates (subject to hydrolysis) is 1. The van der Waals surface area contributed by atoms with Crippen molar-refractivity contribution in [1.82, 2.24) is 5.32 Å². The van der Waals surface area contributed by atoms with E-state index < -0.39 is 23.9 Å². The van der Waals surface area contributed by atoms with Gasteiger partial charge in [0.25, 0.3) is 0 Å². The van der Waals surface area contributed by atoms with Gasteiger partial charge in [-0.25, -0.2) is 14.0 Å². The van der Waals surface area contributed by atoms with Crippen molar-refractivity contribution in [2.45, 2.75) is 12.6 Å². The second kappa shape index (κ2) is 7.93. The number of esters is 1. The molecule has 5 nitrogen and oxygen atoms in total. The summed E-state index contributed by atoms with van der Waals surface area (Å²) in [4.78, 5) is 23.7. The van der Waals surface area contributed by atoms with E-state index in [1.807, 2.05) is 30.3 Å². The van der Waals surface area contributed by atoms with Crippen molar-refractivity contribution in [1.29, 1.82) is 0 Å². The highest BCUT2D eigenvalue weighted by molar-refractivity contribution is 5.82. The molecular formula is C17H16FNO4. The Morgan fingerprint density at radius 1 is 1.09 bits per heavy atom. The molecule has 120 valence electrons. The third-order valence-corrected chi connectivity index (χ3v) is 3.12. The molecule has 1 atom stereocenters. The van der Waals surface area contributed by atoms with Gasteiger partial charge in [0.05, 0.1) is 7.11 Å². The number of benzene rings is 2. The zero-order chi connectivity index (χ0) is 16.7. The highest BCUT2D eigenvalue weighted by Gasteiger charge is 2.24. The van der Waals surface area contributed by atoms with E-state index in [9.17, 15) is 14.0 Å². The van der Waals surface area contributed by atoms with Gasteiger partial charge in [-0.15, -0.1) is 0 Å². The number of halogens is 1. The van der Waals surface area contributed by atoms with E-state index in [0.717, 1.165) is 5.56 Å². The van der Waals surface area contributed by atoms with Crippen LogP contribution >= 0.6 is 0 Å². The maximum atomic E-state index is 13.0. The van der Waals surface area contributed by atoms with Crippen LogP contribution < -0.4 is 5.32 Å². The summed E-state index contributed by atoms with van der Waals surface area (Å²) in [5.74, 6) is -1.11. The lowest BCUT2D eigenvalue weighted by Crippen LogP contribution is -2.34. The van der Waals surface area contributed by atoms with Crippen molar-refractivity contribution in [3.8, 4) is 0 Å². The van der Waals surface area contributed by atoms with Crippen LogP contribution in [0, 0.1) is 5.82 Å². The maximum Gasteiger partial charge on any atom is 0.408 e. The van der Waals surface area contributed by atoms with Crippen molar-refractivity contribution in [3.63, 3.8) is 0 Å². The maximum absolute atomic E-state index is 13.0. The normalized spacial score (nSPS) is 11.4. The molecule has 0 aliphatic rings. The molecule has 0 radical (unpaired) electrons. The molecule has 0 saturated carbocycles. The number of nitrogens with one attached hydrogen (secondary N) is 1. The summed E-state index contributed by atoms with van der Waals surface area (Å²) >= 11 is 0. The Morgan fingerprint density at radius 3 is 2.35 bits per heavy atom. The van der Waals surface area contributed by atoms with E-state index in [2.05, 4.69) is 10.1 Å². The molecule has 6 heteroatoms. The lowest BCUT2D eigenvalue weighted by atomic mass is 10.1. The van der Waals surface area contributed by atoms with Crippen LogP contribution in [0.3, 0.4) is 0 Å². The minimum Gasteiger partial charge on any atom is -0.467 e. The van der Waals surface area contributed by atoms with Gasteiger partial charge in [-0.05, 0) is 23.3 Å². The number of hydrogen-bond acceptors (Lipinski definition) is 4. The fourth-order valence-corrected chi connectivity index (χ4v) is 1.93. The minimum absolute atomic E-state index is 0.0734. The highest BCUT2D eigenvalue weighted by atomic mass is 19.1. The van der Waals surface area contributed by atoms with E-state index in [-0.39, 0.29) is 6.61 Å². The van der Waals surface area contributed by atoms with E-state index in [1.54, 1.807) is 0 Å². The predicted molar refractivity (Wildman–Crippen MR) is 80.9 cm³/mol. The van der Waals surface area contributed by atoms with Crippen LogP contribution in [0.4, 0.5) is 9.18 Å². The number of rotatable bonds is 5. The van der Waals surface area contributed by atoms with Gasteiger partial charge in [0.15, 0.2) is 6.04 Å². The quantitative estimate of drug-likeness (QED) is 0.861. The van der Waals surface area contributed by atoms with Crippen molar-refractivity contribution in [2.75, 3.05) is 7.11 Å². The molecule has 0 aliphatic heterocycles. The summed E-state index contributed by atoms with van der Waals surface area (Å²) in [5, 5.41) is 2.42. The Morgan fingerprint density at radius 2 is 1.74 bits per heavy atom. The van der Waals surface area contributed by atoms with Crippen LogP contribution in [-0.4, -0.2) is 19.2 Å². The Hall–Kier alpha value is -2.89. The number of carbonyl (C=O) groups is 2. The number of methoxy groups -OCH3 is 1. The van der Waals surface area contributed by atoms with Gasteiger partial charge in [-0.1, -0.05) is 42.5 Å². The summed E-state index contributed by atoms with van der Waals surface area (Å²) in [7, 11) is 1.20. The van der Waals surface area contributed by atoms with E-state index in [0.29, 0.717) is 5.56 Å². The Kier molecular flexibility index (Phi) is 5.68. The molecule has 2 aromatic rings. The van der Waals surface area contributed by atoms with Gasteiger partial charge < -0.3 is 14.8 Å². The number of hydrogen-bond donors (Lipinski definition) is 1. The Labute approximate surface area is 133 Å². The minimum atomic E-state index is -1.07. The lowest BCUT2D eigenvalue weighted by molar-refractivity contribution is -0.143. The molecule has 1 amide bonds. The zero-order valence-corrected chi connectivity index (χ0v) is 12.5. The highest BCUT2D eigenvalue weighted by Crippen LogP contribution is 2.15. The van der Waals surface area contributed by atoms with Crippen LogP contribution in [-0.2, 0) is 20.9 Å². The Balaban J connectivity index is 2.01. The second-order valence-electron chi connectivity index (χ2n) is 4.71. The fraction of sp³-hybridized carbons (Fsp3) is 0.176. The van der Waals surface area contributed by atoms with Crippen LogP contribution in [0.25, 0.3) is 0 Å². The van der Waals surface area contributed by atoms with E-state index in [1.165, 1.54) is 31.4 Å². The SMILES string of the molecule is COC(=O)[C@H](NC(=O)OCc1ccccc1)c1ccc(F)cc1. The summed E-state index contributed by atoms with van der Waals surface area (Å²) < 4.78 is 22.7. The predicted octanol–water partition coefficient (Wildman–Crippen LogP) is 2.97. The smallest absolute Gasteiger partial charge is 0.408 e.